The highest BCUT2D eigenvalue weighted by Crippen LogP contribution is 2.26. The third kappa shape index (κ3) is 1.21. The number of hydrogen-bond donors (Lipinski definition) is 2. The number of benzene rings is 1. The Kier molecular flexibility index (Phi) is 1.92. The van der Waals surface area contributed by atoms with E-state index in [2.05, 4.69) is 16.3 Å². The van der Waals surface area contributed by atoms with Gasteiger partial charge < -0.3 is 5.73 Å². The number of nitrogens with two attached hydrogens (primary N) is 1. The molecule has 0 spiro atoms. The number of hydrogen-bond acceptors (Lipinski definition) is 3. The lowest BCUT2D eigenvalue weighted by Gasteiger charge is -2.00. The van der Waals surface area contributed by atoms with Crippen LogP contribution in [0.4, 0.5) is 5.82 Å². The fourth-order valence-corrected chi connectivity index (χ4v) is 1.33. The van der Waals surface area contributed by atoms with Crippen LogP contribution >= 0.6 is 0 Å². The van der Waals surface area contributed by atoms with E-state index in [0.717, 1.165) is 11.1 Å². The molecule has 1 aromatic carbocycles. The predicted molar refractivity (Wildman–Crippen MR) is 53.2 cm³/mol. The molecule has 1 aromatic heterocycles. The van der Waals surface area contributed by atoms with Crippen LogP contribution in [-0.2, 0) is 0 Å². The third-order valence-electron chi connectivity index (χ3n) is 2.01. The van der Waals surface area contributed by atoms with Gasteiger partial charge in [0.1, 0.15) is 5.82 Å². The molecule has 0 saturated carbocycles. The van der Waals surface area contributed by atoms with Crippen LogP contribution in [0.25, 0.3) is 11.1 Å². The summed E-state index contributed by atoms with van der Waals surface area (Å²) >= 11 is 0. The summed E-state index contributed by atoms with van der Waals surface area (Å²) in [5.41, 5.74) is 7.84. The highest BCUT2D eigenvalue weighted by molar-refractivity contribution is 5.77. The molecule has 0 aliphatic heterocycles. The molecule has 0 fully saturated rings. The van der Waals surface area contributed by atoms with Gasteiger partial charge in [-0.25, -0.2) is 0 Å². The van der Waals surface area contributed by atoms with Crippen LogP contribution in [0.15, 0.2) is 30.5 Å². The lowest BCUT2D eigenvalue weighted by molar-refractivity contribution is 1.10. The molecule has 68 valence electrons. The van der Waals surface area contributed by atoms with Gasteiger partial charge in [-0.3, -0.25) is 5.10 Å². The van der Waals surface area contributed by atoms with E-state index in [1.165, 1.54) is 0 Å². The Hall–Kier alpha value is -2.28. The fourth-order valence-electron chi connectivity index (χ4n) is 1.33. The summed E-state index contributed by atoms with van der Waals surface area (Å²) < 4.78 is 0. The van der Waals surface area contributed by atoms with Gasteiger partial charge in [0.2, 0.25) is 0 Å². The van der Waals surface area contributed by atoms with Crippen LogP contribution in [0, 0.1) is 11.3 Å². The maximum absolute atomic E-state index is 8.89. The van der Waals surface area contributed by atoms with E-state index < -0.39 is 0 Å². The van der Waals surface area contributed by atoms with Crippen LogP contribution in [-0.4, -0.2) is 10.2 Å². The normalized spacial score (nSPS) is 9.64. The van der Waals surface area contributed by atoms with Gasteiger partial charge in [0.05, 0.1) is 17.8 Å². The summed E-state index contributed by atoms with van der Waals surface area (Å²) in [7, 11) is 0. The van der Waals surface area contributed by atoms with Crippen molar-refractivity contribution in [3.8, 4) is 17.2 Å². The van der Waals surface area contributed by atoms with E-state index in [1.807, 2.05) is 18.2 Å². The lowest BCUT2D eigenvalue weighted by atomic mass is 10.0. The first-order valence-electron chi connectivity index (χ1n) is 4.11. The zero-order valence-corrected chi connectivity index (χ0v) is 7.36. The second-order valence-corrected chi connectivity index (χ2v) is 2.85. The number of anilines is 1. The Morgan fingerprint density at radius 1 is 1.29 bits per heavy atom. The fraction of sp³-hybridized carbons (Fsp3) is 0. The summed E-state index contributed by atoms with van der Waals surface area (Å²) in [4.78, 5) is 0. The summed E-state index contributed by atoms with van der Waals surface area (Å²) in [6, 6.07) is 9.39. The van der Waals surface area contributed by atoms with Crippen LogP contribution in [0.1, 0.15) is 5.56 Å². The van der Waals surface area contributed by atoms with Crippen LogP contribution in [0.2, 0.25) is 0 Å². The molecule has 14 heavy (non-hydrogen) atoms. The largest absolute Gasteiger partial charge is 0.384 e. The average Bonchev–Trinajstić information content (AvgIpc) is 2.64. The molecular formula is C10H8N4. The lowest BCUT2D eigenvalue weighted by Crippen LogP contribution is -1.89. The zero-order chi connectivity index (χ0) is 9.97. The number of nitrogens with one attached hydrogen (secondary N) is 1. The van der Waals surface area contributed by atoms with Crippen molar-refractivity contribution in [1.29, 1.82) is 5.26 Å². The van der Waals surface area contributed by atoms with Crippen molar-refractivity contribution < 1.29 is 0 Å². The molecule has 4 heteroatoms. The minimum atomic E-state index is 0.479. The number of rotatable bonds is 1. The first kappa shape index (κ1) is 8.32. The molecule has 4 nitrogen and oxygen atoms in total. The van der Waals surface area contributed by atoms with Gasteiger partial charge in [-0.1, -0.05) is 18.2 Å². The maximum Gasteiger partial charge on any atom is 0.126 e. The van der Waals surface area contributed by atoms with Crippen molar-refractivity contribution >= 4 is 5.82 Å². The summed E-state index contributed by atoms with van der Waals surface area (Å²) in [5.74, 6) is 0.479. The second-order valence-electron chi connectivity index (χ2n) is 2.85. The molecular weight excluding hydrogens is 176 g/mol. The summed E-state index contributed by atoms with van der Waals surface area (Å²) in [6.45, 7) is 0. The summed E-state index contributed by atoms with van der Waals surface area (Å²) in [5, 5.41) is 15.3. The van der Waals surface area contributed by atoms with Crippen LogP contribution in [0.5, 0.6) is 0 Å². The van der Waals surface area contributed by atoms with E-state index in [-0.39, 0.29) is 0 Å². The van der Waals surface area contributed by atoms with E-state index in [1.54, 1.807) is 12.3 Å². The maximum atomic E-state index is 8.89. The average molecular weight is 184 g/mol. The van der Waals surface area contributed by atoms with Gasteiger partial charge in [0.15, 0.2) is 0 Å². The highest BCUT2D eigenvalue weighted by Gasteiger charge is 2.08. The summed E-state index contributed by atoms with van der Waals surface area (Å²) in [6.07, 6.45) is 1.62. The van der Waals surface area contributed by atoms with Crippen molar-refractivity contribution in [2.24, 2.45) is 0 Å². The number of nitrogens with zero attached hydrogens (tertiary/aromatic N) is 2. The highest BCUT2D eigenvalue weighted by atomic mass is 15.1. The molecule has 0 atom stereocenters. The monoisotopic (exact) mass is 184 g/mol. The number of aromatic amines is 1. The van der Waals surface area contributed by atoms with Crippen molar-refractivity contribution in [3.05, 3.63) is 36.0 Å². The number of H-pyrrole nitrogens is 1. The van der Waals surface area contributed by atoms with Gasteiger partial charge in [-0.2, -0.15) is 10.4 Å². The quantitative estimate of drug-likeness (QED) is 0.705. The third-order valence-corrected chi connectivity index (χ3v) is 2.01. The van der Waals surface area contributed by atoms with Gasteiger partial charge in [-0.05, 0) is 6.07 Å². The Balaban J connectivity index is 2.64. The molecule has 0 unspecified atom stereocenters. The topological polar surface area (TPSA) is 78.5 Å². The van der Waals surface area contributed by atoms with E-state index in [4.69, 9.17) is 11.0 Å². The number of aromatic nitrogens is 2. The molecule has 0 saturated heterocycles. The molecule has 0 aliphatic rings. The molecule has 0 bridgehead atoms. The van der Waals surface area contributed by atoms with Crippen LogP contribution < -0.4 is 5.73 Å². The minimum Gasteiger partial charge on any atom is -0.384 e. The molecule has 2 aromatic rings. The van der Waals surface area contributed by atoms with Gasteiger partial charge in [-0.15, -0.1) is 0 Å². The van der Waals surface area contributed by atoms with Crippen molar-refractivity contribution in [1.82, 2.24) is 10.2 Å². The molecule has 0 radical (unpaired) electrons. The van der Waals surface area contributed by atoms with Crippen molar-refractivity contribution in [3.63, 3.8) is 0 Å². The van der Waals surface area contributed by atoms with Gasteiger partial charge in [0, 0.05) is 11.1 Å². The molecule has 3 N–H and O–H groups in total. The first-order valence-corrected chi connectivity index (χ1v) is 4.11. The number of nitriles is 1. The van der Waals surface area contributed by atoms with Crippen molar-refractivity contribution in [2.75, 3.05) is 5.73 Å². The van der Waals surface area contributed by atoms with Gasteiger partial charge >= 0.3 is 0 Å². The first-order chi connectivity index (χ1) is 6.83. The van der Waals surface area contributed by atoms with Gasteiger partial charge in [0.25, 0.3) is 0 Å². The molecule has 0 amide bonds. The molecule has 1 heterocycles. The Morgan fingerprint density at radius 3 is 2.71 bits per heavy atom. The Morgan fingerprint density at radius 2 is 2.07 bits per heavy atom. The smallest absolute Gasteiger partial charge is 0.126 e. The minimum absolute atomic E-state index is 0.479. The van der Waals surface area contributed by atoms with Crippen molar-refractivity contribution in [2.45, 2.75) is 0 Å². The molecule has 2 rings (SSSR count). The van der Waals surface area contributed by atoms with E-state index >= 15 is 0 Å². The van der Waals surface area contributed by atoms with E-state index in [0.29, 0.717) is 11.4 Å². The molecule has 0 aliphatic carbocycles. The Labute approximate surface area is 81.0 Å². The SMILES string of the molecule is N#Cc1ccccc1-c1cn[nH]c1N. The van der Waals surface area contributed by atoms with E-state index in [9.17, 15) is 0 Å². The predicted octanol–water partition coefficient (Wildman–Crippen LogP) is 1.53. The zero-order valence-electron chi connectivity index (χ0n) is 7.36. The second kappa shape index (κ2) is 3.23. The number of nitrogen functional groups attached to an aromatic ring is 1. The Bertz CT molecular complexity index is 493. The standard InChI is InChI=1S/C10H8N4/c11-5-7-3-1-2-4-8(7)9-6-13-14-10(9)12/h1-4,6H,(H3,12,13,14). The van der Waals surface area contributed by atoms with Crippen LogP contribution in [0.3, 0.4) is 0 Å².